The number of anilines is 2. The molecule has 1 saturated carbocycles. The summed E-state index contributed by atoms with van der Waals surface area (Å²) in [6.07, 6.45) is -0.834. The fraction of sp³-hybridized carbons (Fsp3) is 0.333. The van der Waals surface area contributed by atoms with Crippen molar-refractivity contribution in [3.63, 3.8) is 0 Å². The Hall–Kier alpha value is -4.52. The van der Waals surface area contributed by atoms with Crippen LogP contribution in [0.3, 0.4) is 0 Å². The molecule has 1 aliphatic carbocycles. The number of aliphatic carboxylic acids is 1. The van der Waals surface area contributed by atoms with Gasteiger partial charge in [-0.1, -0.05) is 19.6 Å². The second kappa shape index (κ2) is 14.6. The molecular weight excluding hydrogens is 570 g/mol. The van der Waals surface area contributed by atoms with Crippen LogP contribution in [-0.2, 0) is 16.1 Å². The van der Waals surface area contributed by atoms with E-state index >= 15 is 0 Å². The summed E-state index contributed by atoms with van der Waals surface area (Å²) >= 11 is 0. The SMILES string of the molecule is C.O=C(NCc1ccc(NC(=O)[C@H]2C[C@@H]2c2cccnc2)cc1F)c1ccc(N2CCNCC2)cc1.O=C(O)C(F)(F)F. The third-order valence-electron chi connectivity index (χ3n) is 6.85. The molecule has 2 atom stereocenters. The molecule has 0 radical (unpaired) electrons. The van der Waals surface area contributed by atoms with Crippen molar-refractivity contribution < 1.29 is 37.1 Å². The molecule has 2 fully saturated rings. The summed E-state index contributed by atoms with van der Waals surface area (Å²) in [5.74, 6) is -3.58. The van der Waals surface area contributed by atoms with Gasteiger partial charge in [-0.15, -0.1) is 0 Å². The largest absolute Gasteiger partial charge is 0.490 e. The van der Waals surface area contributed by atoms with Gasteiger partial charge in [0.25, 0.3) is 5.91 Å². The average Bonchev–Trinajstić information content (AvgIpc) is 3.79. The monoisotopic (exact) mass is 603 g/mol. The number of nitrogens with zero attached hydrogens (tertiary/aromatic N) is 2. The molecule has 5 rings (SSSR count). The molecule has 4 N–H and O–H groups in total. The summed E-state index contributed by atoms with van der Waals surface area (Å²) < 4.78 is 46.4. The Morgan fingerprint density at radius 3 is 2.30 bits per heavy atom. The Morgan fingerprint density at radius 2 is 1.72 bits per heavy atom. The molecule has 0 bridgehead atoms. The summed E-state index contributed by atoms with van der Waals surface area (Å²) in [6.45, 7) is 3.83. The number of carboxylic acids is 1. The third-order valence-corrected chi connectivity index (χ3v) is 6.85. The fourth-order valence-electron chi connectivity index (χ4n) is 4.48. The van der Waals surface area contributed by atoms with E-state index in [0.29, 0.717) is 16.8 Å². The van der Waals surface area contributed by atoms with Gasteiger partial charge in [-0.3, -0.25) is 14.6 Å². The maximum Gasteiger partial charge on any atom is 0.490 e. The van der Waals surface area contributed by atoms with E-state index in [9.17, 15) is 27.2 Å². The first-order valence-electron chi connectivity index (χ1n) is 13.2. The van der Waals surface area contributed by atoms with Gasteiger partial charge in [-0.25, -0.2) is 9.18 Å². The molecule has 1 aromatic heterocycles. The van der Waals surface area contributed by atoms with Crippen LogP contribution in [0.15, 0.2) is 67.0 Å². The normalized spacial score (nSPS) is 17.4. The smallest absolute Gasteiger partial charge is 0.475 e. The predicted molar refractivity (Wildman–Crippen MR) is 153 cm³/mol. The minimum absolute atomic E-state index is 0. The molecule has 230 valence electrons. The maximum atomic E-state index is 14.6. The number of amides is 2. The summed E-state index contributed by atoms with van der Waals surface area (Å²) in [7, 11) is 0. The molecule has 3 aromatic rings. The van der Waals surface area contributed by atoms with E-state index in [1.807, 2.05) is 24.3 Å². The third kappa shape index (κ3) is 9.23. The number of halogens is 4. The van der Waals surface area contributed by atoms with Gasteiger partial charge < -0.3 is 26.0 Å². The first kappa shape index (κ1) is 33.0. The molecule has 0 spiro atoms. The highest BCUT2D eigenvalue weighted by Crippen LogP contribution is 2.47. The number of carbonyl (C=O) groups is 3. The van der Waals surface area contributed by atoms with Gasteiger partial charge in [0.2, 0.25) is 5.91 Å². The second-order valence-electron chi connectivity index (χ2n) is 9.80. The number of benzene rings is 2. The van der Waals surface area contributed by atoms with E-state index in [4.69, 9.17) is 9.90 Å². The lowest BCUT2D eigenvalue weighted by Gasteiger charge is -2.29. The van der Waals surface area contributed by atoms with Crippen LogP contribution in [0.4, 0.5) is 28.9 Å². The zero-order valence-corrected chi connectivity index (χ0v) is 22.3. The van der Waals surface area contributed by atoms with Crippen molar-refractivity contribution >= 4 is 29.2 Å². The average molecular weight is 604 g/mol. The minimum atomic E-state index is -5.08. The van der Waals surface area contributed by atoms with Gasteiger partial charge in [0.1, 0.15) is 5.82 Å². The highest BCUT2D eigenvalue weighted by Gasteiger charge is 2.44. The highest BCUT2D eigenvalue weighted by molar-refractivity contribution is 5.95. The standard InChI is InChI=1S/C27H28FN5O2.C2HF3O2.CH4/c28-25-14-21(32-27(35)24-15-23(24)19-2-1-9-30-16-19)6-3-20(25)17-31-26(34)18-4-7-22(8-5-18)33-12-10-29-11-13-33;3-2(4,5)1(6)7;/h1-9,14,16,23-24,29H,10-13,15,17H2,(H,31,34)(H,32,35);(H,6,7);1H4/t23-,24+;;/m1../s1. The van der Waals surface area contributed by atoms with Crippen LogP contribution in [0.25, 0.3) is 0 Å². The first-order chi connectivity index (χ1) is 20.0. The molecule has 1 aliphatic heterocycles. The van der Waals surface area contributed by atoms with Crippen LogP contribution in [0.1, 0.15) is 41.3 Å². The zero-order valence-electron chi connectivity index (χ0n) is 22.3. The number of rotatable bonds is 7. The Morgan fingerprint density at radius 1 is 1.05 bits per heavy atom. The predicted octanol–water partition coefficient (Wildman–Crippen LogP) is 4.57. The molecule has 43 heavy (non-hydrogen) atoms. The zero-order chi connectivity index (χ0) is 30.3. The molecule has 1 saturated heterocycles. The van der Waals surface area contributed by atoms with Crippen LogP contribution in [-0.4, -0.2) is 60.2 Å². The van der Waals surface area contributed by atoms with Crippen molar-refractivity contribution in [2.75, 3.05) is 36.4 Å². The number of piperazine rings is 1. The molecule has 2 amide bonds. The Bertz CT molecular complexity index is 1400. The number of pyridine rings is 1. The van der Waals surface area contributed by atoms with Gasteiger partial charge in [-0.05, 0) is 60.4 Å². The van der Waals surface area contributed by atoms with Crippen LogP contribution >= 0.6 is 0 Å². The Kier molecular flexibility index (Phi) is 11.2. The Labute approximate surface area is 246 Å². The second-order valence-corrected chi connectivity index (χ2v) is 9.80. The molecule has 9 nitrogen and oxygen atoms in total. The molecule has 13 heteroatoms. The molecular formula is C30H33F4N5O4. The van der Waals surface area contributed by atoms with Crippen LogP contribution < -0.4 is 20.9 Å². The van der Waals surface area contributed by atoms with Gasteiger partial charge in [0.05, 0.1) is 0 Å². The maximum absolute atomic E-state index is 14.6. The lowest BCUT2D eigenvalue weighted by molar-refractivity contribution is -0.192. The Balaban J connectivity index is 0.000000567. The topological polar surface area (TPSA) is 124 Å². The van der Waals surface area contributed by atoms with E-state index in [0.717, 1.165) is 43.9 Å². The van der Waals surface area contributed by atoms with Gasteiger partial charge in [0, 0.05) is 73.5 Å². The number of nitrogens with one attached hydrogen (secondary N) is 3. The fourth-order valence-corrected chi connectivity index (χ4v) is 4.48. The summed E-state index contributed by atoms with van der Waals surface area (Å²) in [5.41, 5.74) is 3.42. The van der Waals surface area contributed by atoms with E-state index < -0.39 is 18.0 Å². The van der Waals surface area contributed by atoms with Crippen molar-refractivity contribution in [1.82, 2.24) is 15.6 Å². The van der Waals surface area contributed by atoms with Crippen LogP contribution in [0.2, 0.25) is 0 Å². The number of alkyl halides is 3. The molecule has 0 unspecified atom stereocenters. The van der Waals surface area contributed by atoms with Crippen molar-refractivity contribution in [3.8, 4) is 0 Å². The van der Waals surface area contributed by atoms with Crippen molar-refractivity contribution in [2.45, 2.75) is 32.5 Å². The van der Waals surface area contributed by atoms with Gasteiger partial charge >= 0.3 is 12.1 Å². The number of hydrogen-bond donors (Lipinski definition) is 4. The summed E-state index contributed by atoms with van der Waals surface area (Å²) in [4.78, 5) is 40.3. The van der Waals surface area contributed by atoms with Crippen molar-refractivity contribution in [2.24, 2.45) is 5.92 Å². The van der Waals surface area contributed by atoms with Crippen LogP contribution in [0.5, 0.6) is 0 Å². The summed E-state index contributed by atoms with van der Waals surface area (Å²) in [5, 5.41) is 16.0. The lowest BCUT2D eigenvalue weighted by Crippen LogP contribution is -2.43. The number of hydrogen-bond acceptors (Lipinski definition) is 6. The first-order valence-corrected chi connectivity index (χ1v) is 13.2. The van der Waals surface area contributed by atoms with E-state index in [-0.39, 0.29) is 37.6 Å². The molecule has 2 aromatic carbocycles. The number of aromatic nitrogens is 1. The van der Waals surface area contributed by atoms with Crippen molar-refractivity contribution in [1.29, 1.82) is 0 Å². The lowest BCUT2D eigenvalue weighted by atomic mass is 10.1. The molecule has 2 heterocycles. The van der Waals surface area contributed by atoms with Crippen molar-refractivity contribution in [3.05, 3.63) is 89.5 Å². The van der Waals surface area contributed by atoms with E-state index in [1.54, 1.807) is 36.7 Å². The van der Waals surface area contributed by atoms with Crippen LogP contribution in [0, 0.1) is 11.7 Å². The number of carbonyl (C=O) groups excluding carboxylic acids is 2. The van der Waals surface area contributed by atoms with E-state index in [2.05, 4.69) is 25.8 Å². The van der Waals surface area contributed by atoms with E-state index in [1.165, 1.54) is 6.07 Å². The van der Waals surface area contributed by atoms with Gasteiger partial charge in [-0.2, -0.15) is 13.2 Å². The minimum Gasteiger partial charge on any atom is -0.475 e. The number of carboxylic acid groups (broad SMARTS) is 1. The van der Waals surface area contributed by atoms with Gasteiger partial charge in [0.15, 0.2) is 0 Å². The summed E-state index contributed by atoms with van der Waals surface area (Å²) in [6, 6.07) is 15.8. The highest BCUT2D eigenvalue weighted by atomic mass is 19.4. The quantitative estimate of drug-likeness (QED) is 0.292. The molecule has 2 aliphatic rings.